The molecule has 0 radical (unpaired) electrons. The van der Waals surface area contributed by atoms with Crippen LogP contribution in [0, 0.1) is 13.8 Å². The predicted octanol–water partition coefficient (Wildman–Crippen LogP) is 2.90. The number of aryl methyl sites for hydroxylation is 2. The monoisotopic (exact) mass is 275 g/mol. The highest BCUT2D eigenvalue weighted by atomic mass is 32.1. The predicted molar refractivity (Wildman–Crippen MR) is 76.2 cm³/mol. The van der Waals surface area contributed by atoms with E-state index in [-0.39, 0.29) is 5.56 Å². The number of nitrogens with zero attached hydrogens (tertiary/aromatic N) is 2. The lowest BCUT2D eigenvalue weighted by atomic mass is 10.1. The Kier molecular flexibility index (Phi) is 3.91. The molecule has 2 rings (SSSR count). The third-order valence-corrected chi connectivity index (χ3v) is 3.48. The van der Waals surface area contributed by atoms with Crippen molar-refractivity contribution in [2.24, 2.45) is 5.10 Å². The average molecular weight is 275 g/mol. The van der Waals surface area contributed by atoms with Crippen molar-refractivity contribution >= 4 is 28.7 Å². The molecule has 0 amide bonds. The fourth-order valence-corrected chi connectivity index (χ4v) is 2.33. The summed E-state index contributed by atoms with van der Waals surface area (Å²) in [5.74, 6) is -1.00. The highest BCUT2D eigenvalue weighted by Crippen LogP contribution is 2.24. The van der Waals surface area contributed by atoms with Gasteiger partial charge in [-0.05, 0) is 36.5 Å². The molecule has 0 bridgehead atoms. The molecule has 0 spiro atoms. The molecule has 0 unspecified atom stereocenters. The third-order valence-electron chi connectivity index (χ3n) is 2.63. The molecule has 19 heavy (non-hydrogen) atoms. The maximum Gasteiger partial charge on any atom is 0.340 e. The number of nitrogens with one attached hydrogen (secondary N) is 1. The summed E-state index contributed by atoms with van der Waals surface area (Å²) in [5.41, 5.74) is 5.48. The molecule has 6 heteroatoms. The van der Waals surface area contributed by atoms with Crippen LogP contribution in [-0.4, -0.2) is 21.7 Å². The molecule has 2 aromatic rings. The summed E-state index contributed by atoms with van der Waals surface area (Å²) in [6, 6.07) is 7.81. The largest absolute Gasteiger partial charge is 0.478 e. The van der Waals surface area contributed by atoms with Crippen LogP contribution in [0.3, 0.4) is 0 Å². The molecule has 98 valence electrons. The van der Waals surface area contributed by atoms with Crippen molar-refractivity contribution in [3.05, 3.63) is 46.6 Å². The number of hydrogen-bond donors (Lipinski definition) is 2. The van der Waals surface area contributed by atoms with Gasteiger partial charge in [-0.25, -0.2) is 4.79 Å². The number of hydrogen-bond acceptors (Lipinski definition) is 5. The molecule has 0 aliphatic carbocycles. The molecule has 1 heterocycles. The molecular formula is C13H13N3O2S. The second kappa shape index (κ2) is 5.62. The summed E-state index contributed by atoms with van der Waals surface area (Å²) in [6.45, 7) is 3.65. The topological polar surface area (TPSA) is 74.6 Å². The van der Waals surface area contributed by atoms with Gasteiger partial charge in [-0.1, -0.05) is 24.3 Å². The van der Waals surface area contributed by atoms with E-state index in [2.05, 4.69) is 14.9 Å². The van der Waals surface area contributed by atoms with Gasteiger partial charge in [0.05, 0.1) is 11.9 Å². The van der Waals surface area contributed by atoms with Gasteiger partial charge < -0.3 is 5.11 Å². The van der Waals surface area contributed by atoms with Crippen LogP contribution in [0.1, 0.15) is 27.2 Å². The van der Waals surface area contributed by atoms with Crippen molar-refractivity contribution in [2.45, 2.75) is 13.8 Å². The maximum absolute atomic E-state index is 11.1. The molecule has 1 aromatic carbocycles. The smallest absolute Gasteiger partial charge is 0.340 e. The summed E-state index contributed by atoms with van der Waals surface area (Å²) < 4.78 is 4.01. The zero-order chi connectivity index (χ0) is 13.8. The second-order valence-electron chi connectivity index (χ2n) is 4.00. The van der Waals surface area contributed by atoms with Crippen molar-refractivity contribution in [1.82, 2.24) is 4.37 Å². The zero-order valence-corrected chi connectivity index (χ0v) is 11.4. The van der Waals surface area contributed by atoms with E-state index in [9.17, 15) is 4.79 Å². The lowest BCUT2D eigenvalue weighted by molar-refractivity contribution is 0.0697. The van der Waals surface area contributed by atoms with E-state index in [1.54, 1.807) is 13.1 Å². The normalized spacial score (nSPS) is 10.8. The molecule has 0 saturated carbocycles. The number of carboxylic acids is 1. The molecule has 5 nitrogen and oxygen atoms in total. The van der Waals surface area contributed by atoms with Crippen molar-refractivity contribution in [3.63, 3.8) is 0 Å². The standard InChI is InChI=1S/C13H13N3O2S/c1-8-5-3-4-6-10(8)7-14-15-12-11(13(17)18)9(2)16-19-12/h3-7,15H,1-2H3,(H,17,18). The molecule has 2 N–H and O–H groups in total. The Balaban J connectivity index is 2.16. The average Bonchev–Trinajstić information content (AvgIpc) is 2.73. The first-order chi connectivity index (χ1) is 9.09. The Morgan fingerprint density at radius 2 is 2.16 bits per heavy atom. The number of anilines is 1. The molecule has 0 fully saturated rings. The van der Waals surface area contributed by atoms with Gasteiger partial charge in [0.25, 0.3) is 0 Å². The van der Waals surface area contributed by atoms with E-state index in [4.69, 9.17) is 5.11 Å². The van der Waals surface area contributed by atoms with Crippen molar-refractivity contribution in [3.8, 4) is 0 Å². The van der Waals surface area contributed by atoms with Gasteiger partial charge in [0.2, 0.25) is 0 Å². The highest BCUT2D eigenvalue weighted by molar-refractivity contribution is 7.10. The Hall–Kier alpha value is -2.21. The summed E-state index contributed by atoms with van der Waals surface area (Å²) >= 11 is 1.09. The van der Waals surface area contributed by atoms with E-state index >= 15 is 0 Å². The van der Waals surface area contributed by atoms with Crippen LogP contribution in [0.4, 0.5) is 5.00 Å². The van der Waals surface area contributed by atoms with E-state index in [1.165, 1.54) is 0 Å². The highest BCUT2D eigenvalue weighted by Gasteiger charge is 2.16. The minimum Gasteiger partial charge on any atom is -0.478 e. The van der Waals surface area contributed by atoms with Crippen molar-refractivity contribution in [1.29, 1.82) is 0 Å². The van der Waals surface area contributed by atoms with Crippen LogP contribution in [0.25, 0.3) is 0 Å². The second-order valence-corrected chi connectivity index (χ2v) is 4.78. The molecule has 0 aliphatic heterocycles. The molecule has 0 aliphatic rings. The third kappa shape index (κ3) is 2.97. The van der Waals surface area contributed by atoms with E-state index in [0.717, 1.165) is 22.7 Å². The number of aromatic carboxylic acids is 1. The number of carboxylic acid groups (broad SMARTS) is 1. The van der Waals surface area contributed by atoms with Gasteiger partial charge in [-0.2, -0.15) is 9.47 Å². The molecule has 1 aromatic heterocycles. The Bertz CT molecular complexity index is 635. The quantitative estimate of drug-likeness (QED) is 0.664. The van der Waals surface area contributed by atoms with Crippen LogP contribution in [0.5, 0.6) is 0 Å². The molecule has 0 saturated heterocycles. The number of hydrazone groups is 1. The van der Waals surface area contributed by atoms with Gasteiger partial charge in [-0.3, -0.25) is 5.43 Å². The van der Waals surface area contributed by atoms with E-state index < -0.39 is 5.97 Å². The van der Waals surface area contributed by atoms with Crippen molar-refractivity contribution in [2.75, 3.05) is 5.43 Å². The van der Waals surface area contributed by atoms with Gasteiger partial charge in [0.1, 0.15) is 10.6 Å². The summed E-state index contributed by atoms with van der Waals surface area (Å²) in [7, 11) is 0. The van der Waals surface area contributed by atoms with Gasteiger partial charge in [-0.15, -0.1) is 0 Å². The van der Waals surface area contributed by atoms with Crippen LogP contribution in [0.15, 0.2) is 29.4 Å². The lowest BCUT2D eigenvalue weighted by Gasteiger charge is -2.00. The lowest BCUT2D eigenvalue weighted by Crippen LogP contribution is -2.01. The SMILES string of the molecule is Cc1ccccc1C=NNc1snc(C)c1C(=O)O. The summed E-state index contributed by atoms with van der Waals surface area (Å²) in [5, 5.41) is 13.6. The van der Waals surface area contributed by atoms with Gasteiger partial charge in [0, 0.05) is 0 Å². The summed E-state index contributed by atoms with van der Waals surface area (Å²) in [6.07, 6.45) is 1.66. The van der Waals surface area contributed by atoms with Gasteiger partial charge >= 0.3 is 5.97 Å². The van der Waals surface area contributed by atoms with Crippen LogP contribution < -0.4 is 5.43 Å². The minimum absolute atomic E-state index is 0.173. The first-order valence-electron chi connectivity index (χ1n) is 5.64. The fourth-order valence-electron chi connectivity index (χ4n) is 1.59. The van der Waals surface area contributed by atoms with E-state index in [0.29, 0.717) is 10.7 Å². The number of carbonyl (C=O) groups is 1. The zero-order valence-electron chi connectivity index (χ0n) is 10.5. The first-order valence-corrected chi connectivity index (χ1v) is 6.41. The number of rotatable bonds is 4. The molecular weight excluding hydrogens is 262 g/mol. The van der Waals surface area contributed by atoms with Crippen molar-refractivity contribution < 1.29 is 9.90 Å². The molecule has 0 atom stereocenters. The number of aromatic nitrogens is 1. The Morgan fingerprint density at radius 3 is 2.84 bits per heavy atom. The van der Waals surface area contributed by atoms with Gasteiger partial charge in [0.15, 0.2) is 0 Å². The minimum atomic E-state index is -1.00. The summed E-state index contributed by atoms with van der Waals surface area (Å²) in [4.78, 5) is 11.1. The van der Waals surface area contributed by atoms with Crippen LogP contribution >= 0.6 is 11.5 Å². The van der Waals surface area contributed by atoms with Crippen LogP contribution in [0.2, 0.25) is 0 Å². The maximum atomic E-state index is 11.1. The number of benzene rings is 1. The van der Waals surface area contributed by atoms with Crippen LogP contribution in [-0.2, 0) is 0 Å². The Morgan fingerprint density at radius 1 is 1.42 bits per heavy atom. The fraction of sp³-hybridized carbons (Fsp3) is 0.154. The first kappa shape index (κ1) is 13.2. The Labute approximate surface area is 114 Å². The van der Waals surface area contributed by atoms with E-state index in [1.807, 2.05) is 31.2 Å².